The van der Waals surface area contributed by atoms with Crippen molar-refractivity contribution < 1.29 is 13.2 Å². The van der Waals surface area contributed by atoms with Crippen LogP contribution in [0.2, 0.25) is 10.0 Å². The number of sulfone groups is 1. The van der Waals surface area contributed by atoms with E-state index in [1.807, 2.05) is 6.07 Å². The summed E-state index contributed by atoms with van der Waals surface area (Å²) in [5.74, 6) is -0.709. The minimum atomic E-state index is -3.60. The Kier molecular flexibility index (Phi) is 6.23. The van der Waals surface area contributed by atoms with Crippen molar-refractivity contribution in [2.45, 2.75) is 17.4 Å². The number of carbonyl (C=O) groups excluding carboxylic acids is 1. The summed E-state index contributed by atoms with van der Waals surface area (Å²) in [6.07, 6.45) is -0.0127. The van der Waals surface area contributed by atoms with E-state index >= 15 is 0 Å². The zero-order chi connectivity index (χ0) is 17.7. The Morgan fingerprint density at radius 1 is 1.08 bits per heavy atom. The van der Waals surface area contributed by atoms with Crippen LogP contribution in [0.5, 0.6) is 0 Å². The molecular weight excluding hydrogens is 371 g/mol. The Balaban J connectivity index is 1.98. The highest BCUT2D eigenvalue weighted by Crippen LogP contribution is 2.25. The molecule has 5 nitrogen and oxygen atoms in total. The van der Waals surface area contributed by atoms with Crippen molar-refractivity contribution in [2.75, 3.05) is 11.1 Å². The second-order valence-corrected chi connectivity index (χ2v) is 8.07. The van der Waals surface area contributed by atoms with Crippen molar-refractivity contribution in [3.63, 3.8) is 0 Å². The SMILES string of the molecule is NC(CCS(=O)(=O)c1ccc(Cl)c(Cl)c1)C(=O)Nc1ccccc1. The van der Waals surface area contributed by atoms with Crippen LogP contribution in [0.25, 0.3) is 0 Å². The number of hydrogen-bond acceptors (Lipinski definition) is 4. The second-order valence-electron chi connectivity index (χ2n) is 5.15. The second kappa shape index (κ2) is 7.98. The summed E-state index contributed by atoms with van der Waals surface area (Å²) in [4.78, 5) is 12.0. The number of para-hydroxylation sites is 1. The molecule has 0 spiro atoms. The number of anilines is 1. The predicted octanol–water partition coefficient (Wildman–Crippen LogP) is 3.12. The third-order valence-electron chi connectivity index (χ3n) is 3.33. The molecule has 3 N–H and O–H groups in total. The van der Waals surface area contributed by atoms with E-state index < -0.39 is 21.8 Å². The van der Waals surface area contributed by atoms with Gasteiger partial charge in [0.05, 0.1) is 26.7 Å². The van der Waals surface area contributed by atoms with E-state index in [0.717, 1.165) is 0 Å². The normalized spacial score (nSPS) is 12.6. The van der Waals surface area contributed by atoms with E-state index in [2.05, 4.69) is 5.32 Å². The number of halogens is 2. The average molecular weight is 387 g/mol. The van der Waals surface area contributed by atoms with Crippen molar-refractivity contribution >= 4 is 44.6 Å². The van der Waals surface area contributed by atoms with Crippen molar-refractivity contribution in [3.8, 4) is 0 Å². The van der Waals surface area contributed by atoms with E-state index in [4.69, 9.17) is 28.9 Å². The summed E-state index contributed by atoms with van der Waals surface area (Å²) in [6.45, 7) is 0. The summed E-state index contributed by atoms with van der Waals surface area (Å²) in [6, 6.07) is 11.9. The van der Waals surface area contributed by atoms with E-state index in [-0.39, 0.29) is 27.1 Å². The fourth-order valence-electron chi connectivity index (χ4n) is 1.96. The van der Waals surface area contributed by atoms with Crippen LogP contribution in [0, 0.1) is 0 Å². The maximum Gasteiger partial charge on any atom is 0.241 e. The molecule has 0 bridgehead atoms. The van der Waals surface area contributed by atoms with Crippen LogP contribution in [0.1, 0.15) is 6.42 Å². The van der Waals surface area contributed by atoms with Gasteiger partial charge < -0.3 is 11.1 Å². The molecule has 0 saturated heterocycles. The number of amides is 1. The quantitative estimate of drug-likeness (QED) is 0.797. The van der Waals surface area contributed by atoms with E-state index in [9.17, 15) is 13.2 Å². The zero-order valence-electron chi connectivity index (χ0n) is 12.6. The maximum absolute atomic E-state index is 12.3. The Morgan fingerprint density at radius 3 is 2.38 bits per heavy atom. The van der Waals surface area contributed by atoms with Gasteiger partial charge in [0.2, 0.25) is 5.91 Å². The molecule has 128 valence electrons. The molecule has 1 unspecified atom stereocenters. The smallest absolute Gasteiger partial charge is 0.241 e. The van der Waals surface area contributed by atoms with Crippen LogP contribution in [0.4, 0.5) is 5.69 Å². The van der Waals surface area contributed by atoms with Gasteiger partial charge in [0.25, 0.3) is 0 Å². The van der Waals surface area contributed by atoms with Crippen LogP contribution in [-0.2, 0) is 14.6 Å². The van der Waals surface area contributed by atoms with Gasteiger partial charge in [-0.2, -0.15) is 0 Å². The third kappa shape index (κ3) is 4.95. The summed E-state index contributed by atoms with van der Waals surface area (Å²) < 4.78 is 24.6. The largest absolute Gasteiger partial charge is 0.325 e. The monoisotopic (exact) mass is 386 g/mol. The van der Waals surface area contributed by atoms with E-state index in [1.54, 1.807) is 24.3 Å². The molecule has 1 atom stereocenters. The first-order valence-electron chi connectivity index (χ1n) is 7.09. The first-order valence-corrected chi connectivity index (χ1v) is 9.50. The molecule has 0 aliphatic heterocycles. The van der Waals surface area contributed by atoms with E-state index in [0.29, 0.717) is 5.69 Å². The highest BCUT2D eigenvalue weighted by Gasteiger charge is 2.20. The number of nitrogens with two attached hydrogens (primary N) is 1. The predicted molar refractivity (Wildman–Crippen MR) is 96.2 cm³/mol. The molecule has 0 aromatic heterocycles. The minimum absolute atomic E-state index is 0.0127. The third-order valence-corrected chi connectivity index (χ3v) is 5.81. The number of rotatable bonds is 6. The maximum atomic E-state index is 12.3. The number of carbonyl (C=O) groups is 1. The van der Waals surface area contributed by atoms with Gasteiger partial charge >= 0.3 is 0 Å². The summed E-state index contributed by atoms with van der Waals surface area (Å²) in [7, 11) is -3.60. The number of benzene rings is 2. The van der Waals surface area contributed by atoms with Crippen LogP contribution in [-0.4, -0.2) is 26.1 Å². The molecule has 0 radical (unpaired) electrons. The van der Waals surface area contributed by atoms with Crippen molar-refractivity contribution in [1.82, 2.24) is 0 Å². The van der Waals surface area contributed by atoms with Crippen LogP contribution in [0.3, 0.4) is 0 Å². The molecule has 1 amide bonds. The summed E-state index contributed by atoms with van der Waals surface area (Å²) >= 11 is 11.6. The highest BCUT2D eigenvalue weighted by atomic mass is 35.5. The molecule has 0 fully saturated rings. The average Bonchev–Trinajstić information content (AvgIpc) is 2.56. The lowest BCUT2D eigenvalue weighted by Gasteiger charge is -2.12. The molecule has 24 heavy (non-hydrogen) atoms. The molecule has 0 heterocycles. The van der Waals surface area contributed by atoms with Gasteiger partial charge in [-0.1, -0.05) is 41.4 Å². The molecule has 2 aromatic carbocycles. The van der Waals surface area contributed by atoms with Gasteiger partial charge in [-0.15, -0.1) is 0 Å². The van der Waals surface area contributed by atoms with Gasteiger partial charge in [0.15, 0.2) is 9.84 Å². The fraction of sp³-hybridized carbons (Fsp3) is 0.188. The van der Waals surface area contributed by atoms with Gasteiger partial charge in [0, 0.05) is 5.69 Å². The number of nitrogens with one attached hydrogen (secondary N) is 1. The first-order chi connectivity index (χ1) is 11.3. The minimum Gasteiger partial charge on any atom is -0.325 e. The number of hydrogen-bond donors (Lipinski definition) is 2. The lowest BCUT2D eigenvalue weighted by molar-refractivity contribution is -0.117. The summed E-state index contributed by atoms with van der Waals surface area (Å²) in [5, 5.41) is 3.07. The standard InChI is InChI=1S/C16H16Cl2N2O3S/c17-13-7-6-12(10-14(13)18)24(22,23)9-8-15(19)16(21)20-11-4-2-1-3-5-11/h1-7,10,15H,8-9,19H2,(H,20,21). The molecule has 2 rings (SSSR count). The molecule has 0 aliphatic carbocycles. The molecular formula is C16H16Cl2N2O3S. The van der Waals surface area contributed by atoms with Gasteiger partial charge in [-0.05, 0) is 36.8 Å². The topological polar surface area (TPSA) is 89.3 Å². The highest BCUT2D eigenvalue weighted by molar-refractivity contribution is 7.91. The fourth-order valence-corrected chi connectivity index (χ4v) is 3.69. The van der Waals surface area contributed by atoms with Crippen LogP contribution >= 0.6 is 23.2 Å². The van der Waals surface area contributed by atoms with E-state index in [1.165, 1.54) is 18.2 Å². The summed E-state index contributed by atoms with van der Waals surface area (Å²) in [5.41, 5.74) is 6.38. The molecule has 8 heteroatoms. The van der Waals surface area contributed by atoms with Crippen LogP contribution < -0.4 is 11.1 Å². The Bertz CT molecular complexity index is 826. The van der Waals surface area contributed by atoms with Crippen molar-refractivity contribution in [3.05, 3.63) is 58.6 Å². The molecule has 0 aliphatic rings. The van der Waals surface area contributed by atoms with Crippen molar-refractivity contribution in [1.29, 1.82) is 0 Å². The Labute approximate surface area is 150 Å². The lowest BCUT2D eigenvalue weighted by atomic mass is 10.2. The Hall–Kier alpha value is -1.60. The molecule has 2 aromatic rings. The first kappa shape index (κ1) is 18.7. The molecule has 0 saturated carbocycles. The Morgan fingerprint density at radius 2 is 1.75 bits per heavy atom. The van der Waals surface area contributed by atoms with Crippen molar-refractivity contribution in [2.24, 2.45) is 5.73 Å². The zero-order valence-corrected chi connectivity index (χ0v) is 14.9. The van der Waals surface area contributed by atoms with Gasteiger partial charge in [-0.25, -0.2) is 8.42 Å². The van der Waals surface area contributed by atoms with Gasteiger partial charge in [-0.3, -0.25) is 4.79 Å². The van der Waals surface area contributed by atoms with Crippen LogP contribution in [0.15, 0.2) is 53.4 Å². The lowest BCUT2D eigenvalue weighted by Crippen LogP contribution is -2.37. The van der Waals surface area contributed by atoms with Gasteiger partial charge in [0.1, 0.15) is 0 Å².